The van der Waals surface area contributed by atoms with E-state index in [4.69, 9.17) is 0 Å². The number of aromatic amines is 2. The summed E-state index contributed by atoms with van der Waals surface area (Å²) in [6.07, 6.45) is -4.45. The molecule has 33 heavy (non-hydrogen) atoms. The molecule has 0 unspecified atom stereocenters. The van der Waals surface area contributed by atoms with Gasteiger partial charge in [0.15, 0.2) is 0 Å². The van der Waals surface area contributed by atoms with Gasteiger partial charge in [-0.1, -0.05) is 6.07 Å². The van der Waals surface area contributed by atoms with Gasteiger partial charge in [-0.05, 0) is 43.2 Å². The molecule has 0 spiro atoms. The normalized spacial score (nSPS) is 16.1. The van der Waals surface area contributed by atoms with Crippen molar-refractivity contribution in [2.75, 3.05) is 18.4 Å². The summed E-state index contributed by atoms with van der Waals surface area (Å²) in [5.74, 6) is -1.36. The number of imidazole rings is 1. The van der Waals surface area contributed by atoms with Crippen LogP contribution in [0.3, 0.4) is 0 Å². The number of piperidine rings is 1. The van der Waals surface area contributed by atoms with Gasteiger partial charge in [0, 0.05) is 30.8 Å². The third kappa shape index (κ3) is 5.20. The Balaban J connectivity index is 1.39. The molecule has 1 aromatic heterocycles. The Morgan fingerprint density at radius 2 is 1.76 bits per heavy atom. The second kappa shape index (κ2) is 8.56. The van der Waals surface area contributed by atoms with Crippen molar-refractivity contribution in [2.24, 2.45) is 5.92 Å². The number of sulfonamides is 1. The lowest BCUT2D eigenvalue weighted by Crippen LogP contribution is -2.41. The van der Waals surface area contributed by atoms with Crippen LogP contribution in [-0.2, 0) is 14.8 Å². The summed E-state index contributed by atoms with van der Waals surface area (Å²) in [7, 11) is -4.05. The van der Waals surface area contributed by atoms with E-state index in [0.29, 0.717) is 16.7 Å². The summed E-state index contributed by atoms with van der Waals surface area (Å²) < 4.78 is 68.0. The number of aromatic nitrogens is 2. The zero-order valence-corrected chi connectivity index (χ0v) is 17.8. The zero-order chi connectivity index (χ0) is 23.8. The van der Waals surface area contributed by atoms with Crippen molar-refractivity contribution in [3.05, 3.63) is 52.9 Å². The van der Waals surface area contributed by atoms with E-state index in [1.54, 1.807) is 18.2 Å². The lowest BCUT2D eigenvalue weighted by molar-refractivity contribution is -0.274. The van der Waals surface area contributed by atoms with Gasteiger partial charge >= 0.3 is 12.1 Å². The molecule has 1 fully saturated rings. The number of H-pyrrole nitrogens is 2. The molecular formula is C20H19F3N4O5S. The van der Waals surface area contributed by atoms with Crippen LogP contribution in [0.2, 0.25) is 0 Å². The van der Waals surface area contributed by atoms with Crippen molar-refractivity contribution in [1.82, 2.24) is 14.3 Å². The molecule has 176 valence electrons. The molecule has 1 aliphatic heterocycles. The highest BCUT2D eigenvalue weighted by Crippen LogP contribution is 2.29. The van der Waals surface area contributed by atoms with Crippen molar-refractivity contribution in [3.63, 3.8) is 0 Å². The molecule has 0 bridgehead atoms. The minimum atomic E-state index is -4.94. The minimum absolute atomic E-state index is 0.0366. The molecule has 0 saturated carbocycles. The van der Waals surface area contributed by atoms with Crippen LogP contribution in [0.5, 0.6) is 5.75 Å². The molecular weight excluding hydrogens is 465 g/mol. The SMILES string of the molecule is O=C(Nc1ccc2[nH]c(=O)[nH]c2c1)C1CCN(S(=O)(=O)c2cccc(OC(F)(F)F)c2)CC1. The van der Waals surface area contributed by atoms with E-state index in [9.17, 15) is 31.2 Å². The van der Waals surface area contributed by atoms with Gasteiger partial charge in [0.2, 0.25) is 15.9 Å². The number of anilines is 1. The van der Waals surface area contributed by atoms with E-state index in [-0.39, 0.29) is 42.4 Å². The highest BCUT2D eigenvalue weighted by molar-refractivity contribution is 7.89. The van der Waals surface area contributed by atoms with Crippen molar-refractivity contribution < 1.29 is 31.1 Å². The number of carbonyl (C=O) groups excluding carboxylic acids is 1. The number of hydrogen-bond acceptors (Lipinski definition) is 5. The molecule has 1 aliphatic rings. The quantitative estimate of drug-likeness (QED) is 0.514. The van der Waals surface area contributed by atoms with Gasteiger partial charge in [-0.3, -0.25) is 4.79 Å². The summed E-state index contributed by atoms with van der Waals surface area (Å²) in [6.45, 7) is 0.0733. The number of rotatable bonds is 5. The Morgan fingerprint density at radius 3 is 2.45 bits per heavy atom. The maximum absolute atomic E-state index is 12.9. The van der Waals surface area contributed by atoms with Crippen molar-refractivity contribution in [1.29, 1.82) is 0 Å². The van der Waals surface area contributed by atoms with Gasteiger partial charge in [0.1, 0.15) is 5.75 Å². The number of hydrogen-bond donors (Lipinski definition) is 3. The number of ether oxygens (including phenoxy) is 1. The molecule has 3 aromatic rings. The summed E-state index contributed by atoms with van der Waals surface area (Å²) in [6, 6.07) is 9.10. The van der Waals surface area contributed by atoms with Crippen LogP contribution in [0.4, 0.5) is 18.9 Å². The van der Waals surface area contributed by atoms with Crippen LogP contribution in [0.1, 0.15) is 12.8 Å². The number of benzene rings is 2. The first-order chi connectivity index (χ1) is 15.5. The molecule has 2 aromatic carbocycles. The lowest BCUT2D eigenvalue weighted by atomic mass is 9.97. The summed E-state index contributed by atoms with van der Waals surface area (Å²) >= 11 is 0. The standard InChI is InChI=1S/C20H19F3N4O5S/c21-20(22,23)32-14-2-1-3-15(11-14)33(30,31)27-8-6-12(7-9-27)18(28)24-13-4-5-16-17(10-13)26-19(29)25-16/h1-5,10-12H,6-9H2,(H,24,28)(H2,25,26,29). The fourth-order valence-electron chi connectivity index (χ4n) is 3.69. The Morgan fingerprint density at radius 1 is 1.06 bits per heavy atom. The third-order valence-corrected chi connectivity index (χ3v) is 7.18. The van der Waals surface area contributed by atoms with E-state index in [0.717, 1.165) is 16.4 Å². The monoisotopic (exact) mass is 484 g/mol. The third-order valence-electron chi connectivity index (χ3n) is 5.29. The van der Waals surface area contributed by atoms with Gasteiger partial charge in [-0.15, -0.1) is 13.2 Å². The number of alkyl halides is 3. The largest absolute Gasteiger partial charge is 0.573 e. The minimum Gasteiger partial charge on any atom is -0.406 e. The molecule has 0 radical (unpaired) electrons. The zero-order valence-electron chi connectivity index (χ0n) is 17.0. The molecule has 0 atom stereocenters. The fourth-order valence-corrected chi connectivity index (χ4v) is 5.20. The molecule has 0 aliphatic carbocycles. The summed E-state index contributed by atoms with van der Waals surface area (Å²) in [5, 5.41) is 2.76. The molecule has 3 N–H and O–H groups in total. The topological polar surface area (TPSA) is 124 Å². The first-order valence-electron chi connectivity index (χ1n) is 9.90. The highest BCUT2D eigenvalue weighted by Gasteiger charge is 2.34. The van der Waals surface area contributed by atoms with Gasteiger partial charge in [-0.25, -0.2) is 13.2 Å². The second-order valence-corrected chi connectivity index (χ2v) is 9.47. The van der Waals surface area contributed by atoms with E-state index in [1.165, 1.54) is 12.1 Å². The van der Waals surface area contributed by atoms with E-state index >= 15 is 0 Å². The molecule has 4 rings (SSSR count). The number of fused-ring (bicyclic) bond motifs is 1. The number of nitrogens with zero attached hydrogens (tertiary/aromatic N) is 1. The van der Waals surface area contributed by atoms with Crippen molar-refractivity contribution >= 4 is 32.7 Å². The van der Waals surface area contributed by atoms with Crippen molar-refractivity contribution in [3.8, 4) is 5.75 Å². The van der Waals surface area contributed by atoms with E-state index in [1.807, 2.05) is 0 Å². The first kappa shape index (κ1) is 22.9. The highest BCUT2D eigenvalue weighted by atomic mass is 32.2. The van der Waals surface area contributed by atoms with E-state index in [2.05, 4.69) is 20.0 Å². The van der Waals surface area contributed by atoms with E-state index < -0.39 is 28.1 Å². The summed E-state index contributed by atoms with van der Waals surface area (Å²) in [4.78, 5) is 28.9. The van der Waals surface area contributed by atoms with Gasteiger partial charge in [-0.2, -0.15) is 4.31 Å². The average Bonchev–Trinajstić information content (AvgIpc) is 3.12. The Hall–Kier alpha value is -3.32. The molecule has 1 amide bonds. The number of carbonyl (C=O) groups is 1. The molecule has 9 nitrogen and oxygen atoms in total. The Bertz CT molecular complexity index is 1340. The van der Waals surface area contributed by atoms with Gasteiger partial charge in [0.05, 0.1) is 15.9 Å². The fraction of sp³-hybridized carbons (Fsp3) is 0.300. The number of amides is 1. The summed E-state index contributed by atoms with van der Waals surface area (Å²) in [5.41, 5.74) is 1.26. The number of nitrogens with one attached hydrogen (secondary N) is 3. The van der Waals surface area contributed by atoms with Gasteiger partial charge < -0.3 is 20.0 Å². The average molecular weight is 484 g/mol. The second-order valence-electron chi connectivity index (χ2n) is 7.53. The predicted molar refractivity (Wildman–Crippen MR) is 112 cm³/mol. The van der Waals surface area contributed by atoms with Gasteiger partial charge in [0.25, 0.3) is 0 Å². The molecule has 13 heteroatoms. The lowest BCUT2D eigenvalue weighted by Gasteiger charge is -2.30. The first-order valence-corrected chi connectivity index (χ1v) is 11.3. The number of halogens is 3. The molecule has 2 heterocycles. The van der Waals surface area contributed by atoms with Crippen molar-refractivity contribution in [2.45, 2.75) is 24.1 Å². The maximum Gasteiger partial charge on any atom is 0.573 e. The Labute approximate surface area is 185 Å². The van der Waals surface area contributed by atoms with Crippen LogP contribution in [0.25, 0.3) is 11.0 Å². The smallest absolute Gasteiger partial charge is 0.406 e. The maximum atomic E-state index is 12.9. The predicted octanol–water partition coefficient (Wildman–Crippen LogP) is 2.79. The van der Waals surface area contributed by atoms with Crippen LogP contribution in [0, 0.1) is 5.92 Å². The van der Waals surface area contributed by atoms with Crippen LogP contribution >= 0.6 is 0 Å². The van der Waals surface area contributed by atoms with Crippen LogP contribution in [0.15, 0.2) is 52.2 Å². The Kier molecular flexibility index (Phi) is 5.93. The van der Waals surface area contributed by atoms with Crippen LogP contribution in [-0.4, -0.2) is 48.1 Å². The molecule has 1 saturated heterocycles. The van der Waals surface area contributed by atoms with Crippen LogP contribution < -0.4 is 15.7 Å².